The molecule has 2 heterocycles. The Labute approximate surface area is 129 Å². The molecule has 4 nitrogen and oxygen atoms in total. The molecule has 2 aliphatic rings. The predicted octanol–water partition coefficient (Wildman–Crippen LogP) is 3.02. The second-order valence-corrected chi connectivity index (χ2v) is 6.10. The van der Waals surface area contributed by atoms with E-state index >= 15 is 0 Å². The van der Waals surface area contributed by atoms with Crippen LogP contribution in [-0.2, 0) is 17.8 Å². The van der Waals surface area contributed by atoms with Crippen LogP contribution in [-0.4, -0.2) is 23.5 Å². The maximum Gasteiger partial charge on any atom is 0.230 e. The Bertz CT molecular complexity index is 661. The number of hydrogen-bond donors (Lipinski definition) is 0. The van der Waals surface area contributed by atoms with Crippen molar-refractivity contribution in [1.29, 1.82) is 0 Å². The summed E-state index contributed by atoms with van der Waals surface area (Å²) in [5.74, 6) is 1.85. The normalized spacial score (nSPS) is 20.1. The molecule has 0 radical (unpaired) electrons. The molecule has 1 aromatic heterocycles. The minimum atomic E-state index is -0.0922. The van der Waals surface area contributed by atoms with Crippen molar-refractivity contribution in [1.82, 2.24) is 4.90 Å². The van der Waals surface area contributed by atoms with Crippen LogP contribution in [0.5, 0.6) is 5.75 Å². The first kappa shape index (κ1) is 13.4. The number of benzene rings is 1. The molecule has 114 valence electrons. The van der Waals surface area contributed by atoms with Crippen LogP contribution in [0.2, 0.25) is 0 Å². The molecular formula is C18H19NO3. The van der Waals surface area contributed by atoms with E-state index in [-0.39, 0.29) is 11.8 Å². The Morgan fingerprint density at radius 3 is 2.82 bits per heavy atom. The van der Waals surface area contributed by atoms with Gasteiger partial charge in [-0.1, -0.05) is 18.2 Å². The molecule has 22 heavy (non-hydrogen) atoms. The summed E-state index contributed by atoms with van der Waals surface area (Å²) in [6, 6.07) is 12.1. The molecule has 2 aromatic rings. The van der Waals surface area contributed by atoms with Crippen LogP contribution in [0, 0.1) is 5.92 Å². The number of furan rings is 1. The first-order valence-corrected chi connectivity index (χ1v) is 7.85. The molecule has 4 rings (SSSR count). The van der Waals surface area contributed by atoms with Crippen molar-refractivity contribution in [2.24, 2.45) is 5.92 Å². The van der Waals surface area contributed by atoms with E-state index in [1.54, 1.807) is 6.26 Å². The lowest BCUT2D eigenvalue weighted by Crippen LogP contribution is -2.41. The van der Waals surface area contributed by atoms with Crippen LogP contribution in [0.25, 0.3) is 0 Å². The van der Waals surface area contributed by atoms with E-state index in [1.165, 1.54) is 0 Å². The van der Waals surface area contributed by atoms with E-state index in [1.807, 2.05) is 41.3 Å². The zero-order valence-electron chi connectivity index (χ0n) is 12.4. The molecule has 4 heteroatoms. The highest BCUT2D eigenvalue weighted by Gasteiger charge is 2.37. The van der Waals surface area contributed by atoms with Gasteiger partial charge in [-0.15, -0.1) is 0 Å². The molecule has 1 saturated carbocycles. The Balaban J connectivity index is 1.50. The van der Waals surface area contributed by atoms with Gasteiger partial charge in [-0.2, -0.15) is 0 Å². The van der Waals surface area contributed by atoms with Gasteiger partial charge in [-0.25, -0.2) is 0 Å². The van der Waals surface area contributed by atoms with Gasteiger partial charge in [0.15, 0.2) is 0 Å². The lowest BCUT2D eigenvalue weighted by Gasteiger charge is -2.30. The Morgan fingerprint density at radius 2 is 2.05 bits per heavy atom. The van der Waals surface area contributed by atoms with Crippen LogP contribution < -0.4 is 4.74 Å². The first-order chi connectivity index (χ1) is 10.8. The number of hydrogen-bond acceptors (Lipinski definition) is 3. The third-order valence-electron chi connectivity index (χ3n) is 4.41. The highest BCUT2D eigenvalue weighted by Crippen LogP contribution is 2.33. The van der Waals surface area contributed by atoms with Gasteiger partial charge in [0.25, 0.3) is 0 Å². The average molecular weight is 297 g/mol. The minimum absolute atomic E-state index is 0.0922. The number of carbonyl (C=O) groups is 1. The Kier molecular flexibility index (Phi) is 3.37. The van der Waals surface area contributed by atoms with Crippen molar-refractivity contribution >= 4 is 5.91 Å². The summed E-state index contributed by atoms with van der Waals surface area (Å²) in [5, 5.41) is 0. The van der Waals surface area contributed by atoms with E-state index in [0.717, 1.165) is 36.3 Å². The van der Waals surface area contributed by atoms with Crippen LogP contribution in [0.1, 0.15) is 24.2 Å². The fraction of sp³-hybridized carbons (Fsp3) is 0.389. The monoisotopic (exact) mass is 297 g/mol. The summed E-state index contributed by atoms with van der Waals surface area (Å²) in [7, 11) is 0. The fourth-order valence-electron chi connectivity index (χ4n) is 3.06. The smallest absolute Gasteiger partial charge is 0.230 e. The van der Waals surface area contributed by atoms with Gasteiger partial charge < -0.3 is 14.1 Å². The van der Waals surface area contributed by atoms with E-state index in [9.17, 15) is 4.79 Å². The molecular weight excluding hydrogens is 278 g/mol. The van der Waals surface area contributed by atoms with Crippen molar-refractivity contribution in [2.75, 3.05) is 6.61 Å². The van der Waals surface area contributed by atoms with E-state index in [2.05, 4.69) is 0 Å². The lowest BCUT2D eigenvalue weighted by atomic mass is 9.95. The second-order valence-electron chi connectivity index (χ2n) is 6.10. The SMILES string of the molecule is O=C([C@@H]1COc2ccccc2C1)N(Cc1ccco1)C1CC1. The standard InChI is InChI=1S/C18H19NO3/c20-18(14-10-13-4-1-2-6-17(13)22-12-14)19(15-7-8-15)11-16-5-3-9-21-16/h1-6,9,14-15H,7-8,10-12H2/t14-/m0/s1. The maximum absolute atomic E-state index is 12.9. The van der Waals surface area contributed by atoms with Crippen molar-refractivity contribution in [3.05, 3.63) is 54.0 Å². The molecule has 0 spiro atoms. The zero-order valence-corrected chi connectivity index (χ0v) is 12.4. The molecule has 1 aromatic carbocycles. The summed E-state index contributed by atoms with van der Waals surface area (Å²) in [4.78, 5) is 14.9. The van der Waals surface area contributed by atoms with Crippen LogP contribution >= 0.6 is 0 Å². The van der Waals surface area contributed by atoms with Gasteiger partial charge in [0, 0.05) is 6.04 Å². The number of ether oxygens (including phenoxy) is 1. The quantitative estimate of drug-likeness (QED) is 0.871. The van der Waals surface area contributed by atoms with Crippen molar-refractivity contribution in [2.45, 2.75) is 31.8 Å². The predicted molar refractivity (Wildman–Crippen MR) is 81.4 cm³/mol. The van der Waals surface area contributed by atoms with Gasteiger partial charge in [0.2, 0.25) is 5.91 Å². The molecule has 0 bridgehead atoms. The minimum Gasteiger partial charge on any atom is -0.492 e. The molecule has 0 N–H and O–H groups in total. The van der Waals surface area contributed by atoms with Gasteiger partial charge in [-0.05, 0) is 43.0 Å². The lowest BCUT2D eigenvalue weighted by molar-refractivity contribution is -0.138. The van der Waals surface area contributed by atoms with Gasteiger partial charge in [-0.3, -0.25) is 4.79 Å². The summed E-state index contributed by atoms with van der Waals surface area (Å²) in [6.45, 7) is 1.03. The average Bonchev–Trinajstić information content (AvgIpc) is 3.27. The highest BCUT2D eigenvalue weighted by molar-refractivity contribution is 5.80. The van der Waals surface area contributed by atoms with Crippen LogP contribution in [0.4, 0.5) is 0 Å². The molecule has 1 fully saturated rings. The number of para-hydroxylation sites is 1. The second kappa shape index (κ2) is 5.52. The van der Waals surface area contributed by atoms with Crippen molar-refractivity contribution < 1.29 is 13.9 Å². The molecule has 1 amide bonds. The van der Waals surface area contributed by atoms with Gasteiger partial charge in [0.05, 0.1) is 18.7 Å². The molecule has 1 aliphatic carbocycles. The molecule has 0 unspecified atom stereocenters. The summed E-state index contributed by atoms with van der Waals surface area (Å²) in [5.41, 5.74) is 1.13. The van der Waals surface area contributed by atoms with E-state index in [0.29, 0.717) is 19.2 Å². The number of carbonyl (C=O) groups excluding carboxylic acids is 1. The van der Waals surface area contributed by atoms with E-state index in [4.69, 9.17) is 9.15 Å². The first-order valence-electron chi connectivity index (χ1n) is 7.85. The van der Waals surface area contributed by atoms with Gasteiger partial charge >= 0.3 is 0 Å². The van der Waals surface area contributed by atoms with Crippen LogP contribution in [0.3, 0.4) is 0 Å². The number of nitrogens with zero attached hydrogens (tertiary/aromatic N) is 1. The van der Waals surface area contributed by atoms with Crippen molar-refractivity contribution in [3.8, 4) is 5.75 Å². The Hall–Kier alpha value is -2.23. The zero-order chi connectivity index (χ0) is 14.9. The summed E-state index contributed by atoms with van der Waals surface area (Å²) >= 11 is 0. The summed E-state index contributed by atoms with van der Waals surface area (Å²) < 4.78 is 11.2. The topological polar surface area (TPSA) is 42.7 Å². The van der Waals surface area contributed by atoms with Crippen molar-refractivity contribution in [3.63, 3.8) is 0 Å². The molecule has 1 aliphatic heterocycles. The van der Waals surface area contributed by atoms with Crippen LogP contribution in [0.15, 0.2) is 47.1 Å². The van der Waals surface area contributed by atoms with Gasteiger partial charge in [0.1, 0.15) is 18.1 Å². The van der Waals surface area contributed by atoms with E-state index < -0.39 is 0 Å². The Morgan fingerprint density at radius 1 is 1.18 bits per heavy atom. The highest BCUT2D eigenvalue weighted by atomic mass is 16.5. The number of rotatable bonds is 4. The summed E-state index contributed by atoms with van der Waals surface area (Å²) in [6.07, 6.45) is 4.61. The third-order valence-corrected chi connectivity index (χ3v) is 4.41. The fourth-order valence-corrected chi connectivity index (χ4v) is 3.06. The molecule has 1 atom stereocenters. The largest absolute Gasteiger partial charge is 0.492 e. The number of amides is 1. The maximum atomic E-state index is 12.9. The number of fused-ring (bicyclic) bond motifs is 1. The third kappa shape index (κ3) is 2.61. The molecule has 0 saturated heterocycles.